The van der Waals surface area contributed by atoms with Crippen LogP contribution in [0.5, 0.6) is 5.75 Å². The maximum absolute atomic E-state index is 13.2. The lowest BCUT2D eigenvalue weighted by atomic mass is 10.1. The second-order valence-corrected chi connectivity index (χ2v) is 10.1. The molecule has 0 spiro atoms. The molecule has 1 heterocycles. The molecule has 4 rings (SSSR count). The first-order valence-electron chi connectivity index (χ1n) is 12.5. The second-order valence-electron chi connectivity index (χ2n) is 9.67. The molecule has 1 saturated heterocycles. The number of anilines is 2. The van der Waals surface area contributed by atoms with Crippen LogP contribution in [0.4, 0.5) is 20.6 Å². The molecule has 1 aliphatic heterocycles. The van der Waals surface area contributed by atoms with Crippen molar-refractivity contribution in [2.45, 2.75) is 39.4 Å². The van der Waals surface area contributed by atoms with Gasteiger partial charge in [-0.1, -0.05) is 41.4 Å². The van der Waals surface area contributed by atoms with Gasteiger partial charge >= 0.3 is 6.03 Å². The highest BCUT2D eigenvalue weighted by Gasteiger charge is 2.32. The monoisotopic (exact) mass is 538 g/mol. The lowest BCUT2D eigenvalue weighted by molar-refractivity contribution is -0.139. The van der Waals surface area contributed by atoms with Gasteiger partial charge in [-0.3, -0.25) is 9.69 Å². The third kappa shape index (κ3) is 7.24. The summed E-state index contributed by atoms with van der Waals surface area (Å²) >= 11 is 6.15. The molecule has 9 heteroatoms. The van der Waals surface area contributed by atoms with Crippen molar-refractivity contribution in [3.05, 3.63) is 88.7 Å². The topological polar surface area (TPSA) is 73.9 Å². The quantitative estimate of drug-likeness (QED) is 0.391. The minimum atomic E-state index is -0.452. The number of hydrogen-bond acceptors (Lipinski definition) is 4. The number of ether oxygens (including phenoxy) is 1. The van der Waals surface area contributed by atoms with Gasteiger partial charge in [0.25, 0.3) is 5.91 Å². The molecule has 0 saturated carbocycles. The summed E-state index contributed by atoms with van der Waals surface area (Å²) in [6, 6.07) is 18.4. The summed E-state index contributed by atoms with van der Waals surface area (Å²) in [6.07, 6.45) is 0. The van der Waals surface area contributed by atoms with Crippen LogP contribution in [0.3, 0.4) is 0 Å². The predicted molar refractivity (Wildman–Crippen MR) is 148 cm³/mol. The van der Waals surface area contributed by atoms with E-state index in [-0.39, 0.29) is 30.4 Å². The number of nitrogens with one attached hydrogen (secondary N) is 2. The largest absolute Gasteiger partial charge is 0.482 e. The number of hydrogen-bond donors (Lipinski definition) is 2. The molecule has 0 aliphatic carbocycles. The minimum Gasteiger partial charge on any atom is -0.482 e. The molecule has 1 aliphatic rings. The fraction of sp³-hybridized carbons (Fsp3) is 0.310. The van der Waals surface area contributed by atoms with E-state index in [4.69, 9.17) is 16.3 Å². The average molecular weight is 539 g/mol. The van der Waals surface area contributed by atoms with Crippen molar-refractivity contribution in [1.29, 1.82) is 0 Å². The van der Waals surface area contributed by atoms with Crippen LogP contribution in [-0.2, 0) is 11.3 Å². The van der Waals surface area contributed by atoms with Crippen LogP contribution in [0.15, 0.2) is 66.7 Å². The molecule has 7 nitrogen and oxygen atoms in total. The lowest BCUT2D eigenvalue weighted by Gasteiger charge is -2.44. The summed E-state index contributed by atoms with van der Waals surface area (Å²) in [5, 5.41) is 5.95. The van der Waals surface area contributed by atoms with E-state index in [0.717, 1.165) is 11.1 Å². The lowest BCUT2D eigenvalue weighted by Crippen LogP contribution is -2.58. The van der Waals surface area contributed by atoms with Gasteiger partial charge in [-0.05, 0) is 68.8 Å². The molecule has 3 aromatic rings. The third-order valence-electron chi connectivity index (χ3n) is 6.58. The van der Waals surface area contributed by atoms with Gasteiger partial charge in [-0.15, -0.1) is 0 Å². The summed E-state index contributed by atoms with van der Waals surface area (Å²) < 4.78 is 19.1. The number of halogens is 2. The van der Waals surface area contributed by atoms with E-state index >= 15 is 0 Å². The molecule has 3 amide bonds. The summed E-state index contributed by atoms with van der Waals surface area (Å²) in [5.74, 6) is -0.0511. The zero-order valence-electron chi connectivity index (χ0n) is 21.7. The Hall–Kier alpha value is -3.62. The number of carbonyl (C=O) groups is 2. The molecule has 1 fully saturated rings. The fourth-order valence-electron chi connectivity index (χ4n) is 4.46. The van der Waals surface area contributed by atoms with Crippen molar-refractivity contribution < 1.29 is 18.7 Å². The van der Waals surface area contributed by atoms with E-state index < -0.39 is 6.03 Å². The molecule has 3 aromatic carbocycles. The van der Waals surface area contributed by atoms with Crippen LogP contribution in [0.2, 0.25) is 5.02 Å². The van der Waals surface area contributed by atoms with Gasteiger partial charge in [0.05, 0.1) is 5.69 Å². The van der Waals surface area contributed by atoms with E-state index in [1.807, 2.05) is 43.0 Å². The van der Waals surface area contributed by atoms with Gasteiger partial charge in [-0.2, -0.15) is 0 Å². The number of aryl methyl sites for hydroxylation is 1. The SMILES string of the molecule is Cc1ccc(NC(=O)Nc2cc(Cl)ccc2OCC(=O)N2C[C@@H](C)N(Cc3ccc(F)cc3)C[C@@H]2C)cc1. The van der Waals surface area contributed by atoms with E-state index in [9.17, 15) is 14.0 Å². The van der Waals surface area contributed by atoms with Crippen LogP contribution in [-0.4, -0.2) is 53.5 Å². The number of piperazine rings is 1. The van der Waals surface area contributed by atoms with Gasteiger partial charge in [0.2, 0.25) is 0 Å². The first kappa shape index (κ1) is 27.4. The summed E-state index contributed by atoms with van der Waals surface area (Å²) in [7, 11) is 0. The van der Waals surface area contributed by atoms with Gasteiger partial charge in [0, 0.05) is 42.4 Å². The maximum Gasteiger partial charge on any atom is 0.323 e. The standard InChI is InChI=1S/C29H32ClFN4O3/c1-19-4-11-25(12-5-19)32-29(37)33-26-14-23(30)8-13-27(26)38-18-28(36)35-16-20(2)34(15-21(35)3)17-22-6-9-24(31)10-7-22/h4-14,20-21H,15-18H2,1-3H3,(H2,32,33,37)/t20-,21+/m1/s1. The molecule has 0 bridgehead atoms. The number of urea groups is 1. The third-order valence-corrected chi connectivity index (χ3v) is 6.82. The van der Waals surface area contributed by atoms with Crippen molar-refractivity contribution in [3.8, 4) is 5.75 Å². The Morgan fingerprint density at radius 2 is 1.68 bits per heavy atom. The van der Waals surface area contributed by atoms with E-state index in [2.05, 4.69) is 22.5 Å². The molecule has 38 heavy (non-hydrogen) atoms. The van der Waals surface area contributed by atoms with Crippen molar-refractivity contribution >= 4 is 34.9 Å². The van der Waals surface area contributed by atoms with E-state index in [1.54, 1.807) is 30.3 Å². The smallest absolute Gasteiger partial charge is 0.323 e. The fourth-order valence-corrected chi connectivity index (χ4v) is 4.63. The maximum atomic E-state index is 13.2. The highest BCUT2D eigenvalue weighted by molar-refractivity contribution is 6.31. The summed E-state index contributed by atoms with van der Waals surface area (Å²) in [5.41, 5.74) is 3.13. The van der Waals surface area contributed by atoms with Gasteiger partial charge in [0.15, 0.2) is 6.61 Å². The molecule has 2 N–H and O–H groups in total. The van der Waals surface area contributed by atoms with Crippen molar-refractivity contribution in [2.75, 3.05) is 30.3 Å². The Bertz CT molecular complexity index is 1270. The zero-order valence-corrected chi connectivity index (χ0v) is 22.5. The van der Waals surface area contributed by atoms with Crippen LogP contribution in [0.25, 0.3) is 0 Å². The number of nitrogens with zero attached hydrogens (tertiary/aromatic N) is 2. The molecular weight excluding hydrogens is 507 g/mol. The van der Waals surface area contributed by atoms with Crippen LogP contribution < -0.4 is 15.4 Å². The number of amides is 3. The Morgan fingerprint density at radius 3 is 2.39 bits per heavy atom. The van der Waals surface area contributed by atoms with Crippen LogP contribution >= 0.6 is 11.6 Å². The van der Waals surface area contributed by atoms with Crippen LogP contribution in [0, 0.1) is 12.7 Å². The molecular formula is C29H32ClFN4O3. The average Bonchev–Trinajstić information content (AvgIpc) is 2.88. The van der Waals surface area contributed by atoms with Crippen molar-refractivity contribution in [2.24, 2.45) is 0 Å². The van der Waals surface area contributed by atoms with Crippen molar-refractivity contribution in [1.82, 2.24) is 9.80 Å². The van der Waals surface area contributed by atoms with E-state index in [1.165, 1.54) is 12.1 Å². The van der Waals surface area contributed by atoms with Gasteiger partial charge < -0.3 is 20.3 Å². The van der Waals surface area contributed by atoms with Crippen LogP contribution in [0.1, 0.15) is 25.0 Å². The molecule has 0 radical (unpaired) electrons. The second kappa shape index (κ2) is 12.3. The van der Waals surface area contributed by atoms with Crippen molar-refractivity contribution in [3.63, 3.8) is 0 Å². The number of benzene rings is 3. The van der Waals surface area contributed by atoms with E-state index in [0.29, 0.717) is 41.8 Å². The zero-order chi connectivity index (χ0) is 27.2. The first-order valence-corrected chi connectivity index (χ1v) is 12.9. The highest BCUT2D eigenvalue weighted by Crippen LogP contribution is 2.29. The number of carbonyl (C=O) groups excluding carboxylic acids is 2. The Balaban J connectivity index is 1.34. The molecule has 2 atom stereocenters. The normalized spacial score (nSPS) is 17.7. The molecule has 0 unspecified atom stereocenters. The first-order chi connectivity index (χ1) is 18.2. The number of rotatable bonds is 7. The Kier molecular flexibility index (Phi) is 8.86. The molecule has 0 aromatic heterocycles. The van der Waals surface area contributed by atoms with Gasteiger partial charge in [0.1, 0.15) is 11.6 Å². The molecule has 200 valence electrons. The highest BCUT2D eigenvalue weighted by atomic mass is 35.5. The minimum absolute atomic E-state index is 0.0224. The summed E-state index contributed by atoms with van der Waals surface area (Å²) in [4.78, 5) is 29.8. The predicted octanol–water partition coefficient (Wildman–Crippen LogP) is 5.93. The Morgan fingerprint density at radius 1 is 0.974 bits per heavy atom. The summed E-state index contributed by atoms with van der Waals surface area (Å²) in [6.45, 7) is 7.80. The van der Waals surface area contributed by atoms with Gasteiger partial charge in [-0.25, -0.2) is 9.18 Å². The Labute approximate surface area is 227 Å².